The first-order valence-electron chi connectivity index (χ1n) is 5.98. The molecule has 2 heteroatoms. The van der Waals surface area contributed by atoms with Gasteiger partial charge in [-0.2, -0.15) is 0 Å². The van der Waals surface area contributed by atoms with Crippen molar-refractivity contribution in [3.05, 3.63) is 11.8 Å². The molecule has 2 nitrogen and oxygen atoms in total. The van der Waals surface area contributed by atoms with Gasteiger partial charge in [-0.1, -0.05) is 12.8 Å². The third kappa shape index (κ3) is 2.17. The van der Waals surface area contributed by atoms with Crippen LogP contribution in [0.15, 0.2) is 11.8 Å². The molecule has 0 N–H and O–H groups in total. The number of hydrogen-bond donors (Lipinski definition) is 0. The molecule has 0 spiro atoms. The maximum atomic E-state index is 10.9. The molecule has 14 heavy (non-hydrogen) atoms. The Labute approximate surface area is 86.7 Å². The molecular weight excluding hydrogens is 176 g/mol. The smallest absolute Gasteiger partial charge is 0.307 e. The van der Waals surface area contributed by atoms with Crippen molar-refractivity contribution < 1.29 is 10.9 Å². The fourth-order valence-corrected chi connectivity index (χ4v) is 2.50. The summed E-state index contributed by atoms with van der Waals surface area (Å²) in [5.74, 6) is 0.568. The van der Waals surface area contributed by atoms with E-state index >= 15 is 0 Å². The maximum Gasteiger partial charge on any atom is 0.307 e. The summed E-state index contributed by atoms with van der Waals surface area (Å²) >= 11 is 0. The van der Waals surface area contributed by atoms with Crippen LogP contribution in [0, 0.1) is 11.8 Å². The van der Waals surface area contributed by atoms with Crippen molar-refractivity contribution in [1.82, 2.24) is 0 Å². The molecule has 1 saturated carbocycles. The van der Waals surface area contributed by atoms with E-state index in [-0.39, 0.29) is 11.9 Å². The SMILES string of the molecule is [2H][C@@]12CCCC[C@@H]1CC=C(OC(C)=O)C2. The Hall–Kier alpha value is -0.790. The van der Waals surface area contributed by atoms with Gasteiger partial charge in [-0.15, -0.1) is 0 Å². The highest BCUT2D eigenvalue weighted by molar-refractivity contribution is 5.67. The predicted molar refractivity (Wildman–Crippen MR) is 54.5 cm³/mol. The number of rotatable bonds is 1. The molecule has 2 aliphatic rings. The van der Waals surface area contributed by atoms with Crippen LogP contribution in [0.1, 0.15) is 46.8 Å². The topological polar surface area (TPSA) is 26.3 Å². The highest BCUT2D eigenvalue weighted by Gasteiger charge is 2.29. The lowest BCUT2D eigenvalue weighted by atomic mass is 9.73. The molecule has 2 aliphatic carbocycles. The second-order valence-corrected chi connectivity index (χ2v) is 4.28. The number of fused-ring (bicyclic) bond motifs is 1. The second-order valence-electron chi connectivity index (χ2n) is 4.28. The zero-order valence-corrected chi connectivity index (χ0v) is 8.71. The van der Waals surface area contributed by atoms with Crippen LogP contribution in [-0.4, -0.2) is 5.97 Å². The third-order valence-corrected chi connectivity index (χ3v) is 3.18. The molecule has 0 aromatic heterocycles. The molecule has 0 unspecified atom stereocenters. The number of carbonyl (C=O) groups excluding carboxylic acids is 1. The lowest BCUT2D eigenvalue weighted by molar-refractivity contribution is -0.137. The Kier molecular flexibility index (Phi) is 2.53. The Bertz CT molecular complexity index is 298. The summed E-state index contributed by atoms with van der Waals surface area (Å²) in [6, 6.07) is 0. The Morgan fingerprint density at radius 1 is 1.57 bits per heavy atom. The van der Waals surface area contributed by atoms with E-state index in [0.29, 0.717) is 12.3 Å². The van der Waals surface area contributed by atoms with E-state index < -0.39 is 0 Å². The highest BCUT2D eigenvalue weighted by Crippen LogP contribution is 2.40. The van der Waals surface area contributed by atoms with Gasteiger partial charge < -0.3 is 4.74 Å². The predicted octanol–water partition coefficient (Wildman–Crippen LogP) is 3.03. The Morgan fingerprint density at radius 2 is 2.36 bits per heavy atom. The minimum atomic E-state index is -0.363. The molecule has 0 saturated heterocycles. The first kappa shape index (κ1) is 8.51. The van der Waals surface area contributed by atoms with E-state index in [9.17, 15) is 4.79 Å². The summed E-state index contributed by atoms with van der Waals surface area (Å²) < 4.78 is 13.5. The van der Waals surface area contributed by atoms with Crippen molar-refractivity contribution in [2.24, 2.45) is 11.8 Å². The van der Waals surface area contributed by atoms with E-state index in [2.05, 4.69) is 0 Å². The molecular formula is C12H18O2. The standard InChI is InChI=1S/C12H18O2/c1-9(13)14-12-7-6-10-4-2-3-5-11(10)8-12/h7,10-11H,2-6,8H2,1H3/t10-,11+/m1/s1/i11D. The van der Waals surface area contributed by atoms with Crippen LogP contribution < -0.4 is 0 Å². The number of carbonyl (C=O) groups is 1. The summed E-state index contributed by atoms with van der Waals surface area (Å²) in [4.78, 5) is 10.9. The molecule has 0 aromatic rings. The van der Waals surface area contributed by atoms with Crippen LogP contribution in [0.5, 0.6) is 0 Å². The van der Waals surface area contributed by atoms with Crippen LogP contribution >= 0.6 is 0 Å². The quantitative estimate of drug-likeness (QED) is 0.601. The van der Waals surface area contributed by atoms with Crippen molar-refractivity contribution in [2.75, 3.05) is 0 Å². The molecule has 0 heterocycles. The zero-order valence-electron chi connectivity index (χ0n) is 9.71. The average molecular weight is 195 g/mol. The number of hydrogen-bond acceptors (Lipinski definition) is 2. The van der Waals surface area contributed by atoms with E-state index in [1.54, 1.807) is 0 Å². The lowest BCUT2D eigenvalue weighted by Gasteiger charge is -2.34. The van der Waals surface area contributed by atoms with Crippen LogP contribution in [0.4, 0.5) is 0 Å². The largest absolute Gasteiger partial charge is 0.432 e. The number of allylic oxidation sites excluding steroid dienone is 2. The van der Waals surface area contributed by atoms with Crippen LogP contribution in [0.2, 0.25) is 0 Å². The van der Waals surface area contributed by atoms with Crippen LogP contribution in [-0.2, 0) is 9.53 Å². The lowest BCUT2D eigenvalue weighted by Crippen LogP contribution is -2.23. The minimum Gasteiger partial charge on any atom is -0.432 e. The molecule has 1 fully saturated rings. The van der Waals surface area contributed by atoms with Gasteiger partial charge in [0.1, 0.15) is 5.76 Å². The van der Waals surface area contributed by atoms with Gasteiger partial charge in [0, 0.05) is 14.7 Å². The second kappa shape index (κ2) is 4.16. The van der Waals surface area contributed by atoms with E-state index in [1.165, 1.54) is 13.3 Å². The Balaban J connectivity index is 2.08. The highest BCUT2D eigenvalue weighted by atomic mass is 16.5. The fraction of sp³-hybridized carbons (Fsp3) is 0.750. The molecule has 78 valence electrons. The minimum absolute atomic E-state index is 0.265. The first-order valence-corrected chi connectivity index (χ1v) is 5.48. The fourth-order valence-electron chi connectivity index (χ4n) is 2.50. The normalized spacial score (nSPS) is 37.9. The molecule has 2 rings (SSSR count). The summed E-state index contributed by atoms with van der Waals surface area (Å²) in [6.07, 6.45) is 8.05. The van der Waals surface area contributed by atoms with Crippen molar-refractivity contribution in [3.8, 4) is 0 Å². The van der Waals surface area contributed by atoms with Crippen molar-refractivity contribution in [1.29, 1.82) is 0 Å². The van der Waals surface area contributed by atoms with Crippen molar-refractivity contribution >= 4 is 5.97 Å². The van der Waals surface area contributed by atoms with Crippen molar-refractivity contribution in [2.45, 2.75) is 45.4 Å². The summed E-state index contributed by atoms with van der Waals surface area (Å²) in [7, 11) is 0. The zero-order chi connectivity index (χ0) is 10.9. The summed E-state index contributed by atoms with van der Waals surface area (Å²) in [6.45, 7) is 1.42. The molecule has 0 aromatic carbocycles. The van der Waals surface area contributed by atoms with Gasteiger partial charge in [0.05, 0.1) is 0 Å². The number of ether oxygens (including phenoxy) is 1. The van der Waals surface area contributed by atoms with Gasteiger partial charge in [0.15, 0.2) is 0 Å². The van der Waals surface area contributed by atoms with E-state index in [0.717, 1.165) is 31.4 Å². The van der Waals surface area contributed by atoms with E-state index in [1.807, 2.05) is 6.08 Å². The van der Waals surface area contributed by atoms with Gasteiger partial charge >= 0.3 is 5.97 Å². The van der Waals surface area contributed by atoms with Crippen LogP contribution in [0.3, 0.4) is 0 Å². The average Bonchev–Trinajstić information content (AvgIpc) is 2.15. The van der Waals surface area contributed by atoms with Gasteiger partial charge in [-0.25, -0.2) is 0 Å². The van der Waals surface area contributed by atoms with E-state index in [4.69, 9.17) is 6.11 Å². The molecule has 0 radical (unpaired) electrons. The summed E-state index contributed by atoms with van der Waals surface area (Å²) in [5.41, 5.74) is 0. The van der Waals surface area contributed by atoms with Gasteiger partial charge in [0.2, 0.25) is 0 Å². The monoisotopic (exact) mass is 195 g/mol. The maximum absolute atomic E-state index is 10.9. The number of esters is 1. The third-order valence-electron chi connectivity index (χ3n) is 3.18. The first-order chi connectivity index (χ1) is 7.10. The molecule has 0 bridgehead atoms. The molecule has 0 aliphatic heterocycles. The molecule has 2 atom stereocenters. The van der Waals surface area contributed by atoms with Gasteiger partial charge in [0.25, 0.3) is 0 Å². The van der Waals surface area contributed by atoms with Gasteiger partial charge in [-0.3, -0.25) is 4.79 Å². The molecule has 0 amide bonds. The van der Waals surface area contributed by atoms with Crippen molar-refractivity contribution in [3.63, 3.8) is 0 Å². The summed E-state index contributed by atoms with van der Waals surface area (Å²) in [5, 5.41) is 0. The van der Waals surface area contributed by atoms with Crippen LogP contribution in [0.25, 0.3) is 0 Å². The van der Waals surface area contributed by atoms with Gasteiger partial charge in [-0.05, 0) is 37.2 Å². The Morgan fingerprint density at radius 3 is 3.14 bits per heavy atom.